The van der Waals surface area contributed by atoms with Gasteiger partial charge in [0.1, 0.15) is 0 Å². The monoisotopic (exact) mass is 345 g/mol. The third-order valence-corrected chi connectivity index (χ3v) is 5.37. The number of rotatable bonds is 6. The number of nitrogens with zero attached hydrogens (tertiary/aromatic N) is 3. The Hall–Kier alpha value is -1.62. The zero-order chi connectivity index (χ0) is 18.1. The average Bonchev–Trinajstić information content (AvgIpc) is 3.32. The molecule has 2 heterocycles. The van der Waals surface area contributed by atoms with Crippen LogP contribution in [0.25, 0.3) is 0 Å². The van der Waals surface area contributed by atoms with Crippen molar-refractivity contribution in [1.82, 2.24) is 14.4 Å². The molecule has 3 rings (SSSR count). The molecule has 0 aromatic carbocycles. The highest BCUT2D eigenvalue weighted by Gasteiger charge is 2.29. The number of carbonyl (C=O) groups is 2. The second-order valence-electron chi connectivity index (χ2n) is 8.06. The van der Waals surface area contributed by atoms with Crippen LogP contribution < -0.4 is 0 Å². The van der Waals surface area contributed by atoms with Crippen molar-refractivity contribution in [2.75, 3.05) is 32.7 Å². The summed E-state index contributed by atoms with van der Waals surface area (Å²) < 4.78 is 2.33. The molecular weight excluding hydrogens is 314 g/mol. The first-order valence-electron chi connectivity index (χ1n) is 9.58. The van der Waals surface area contributed by atoms with Gasteiger partial charge in [0, 0.05) is 55.6 Å². The van der Waals surface area contributed by atoms with Crippen molar-refractivity contribution < 1.29 is 9.59 Å². The van der Waals surface area contributed by atoms with Crippen LogP contribution in [0, 0.1) is 19.8 Å². The first-order chi connectivity index (χ1) is 11.9. The standard InChI is InChI=1S/C20H31N3O2/c1-14(2)11-20(25)22-9-7-21(8-10-22)13-19(24)18-12-15(3)23(16(18)4)17-5-6-17/h12,14,17H,5-11,13H2,1-4H3. The summed E-state index contributed by atoms with van der Waals surface area (Å²) in [7, 11) is 0. The first kappa shape index (κ1) is 18.2. The van der Waals surface area contributed by atoms with E-state index in [1.54, 1.807) is 0 Å². The SMILES string of the molecule is Cc1cc(C(=O)CN2CCN(C(=O)CC(C)C)CC2)c(C)n1C1CC1. The summed E-state index contributed by atoms with van der Waals surface area (Å²) in [6.07, 6.45) is 3.08. The van der Waals surface area contributed by atoms with Gasteiger partial charge < -0.3 is 9.47 Å². The van der Waals surface area contributed by atoms with Crippen LogP contribution in [0.15, 0.2) is 6.07 Å². The molecule has 1 aliphatic heterocycles. The molecule has 1 saturated carbocycles. The zero-order valence-corrected chi connectivity index (χ0v) is 16.0. The number of hydrogen-bond donors (Lipinski definition) is 0. The minimum atomic E-state index is 0.210. The Morgan fingerprint density at radius 3 is 2.32 bits per heavy atom. The number of hydrogen-bond acceptors (Lipinski definition) is 3. The van der Waals surface area contributed by atoms with Crippen molar-refractivity contribution in [2.45, 2.75) is 53.0 Å². The summed E-state index contributed by atoms with van der Waals surface area (Å²) >= 11 is 0. The minimum Gasteiger partial charge on any atom is -0.345 e. The van der Waals surface area contributed by atoms with Crippen LogP contribution in [-0.4, -0.2) is 58.8 Å². The van der Waals surface area contributed by atoms with Gasteiger partial charge in [-0.3, -0.25) is 14.5 Å². The second kappa shape index (κ2) is 7.32. The highest BCUT2D eigenvalue weighted by Crippen LogP contribution is 2.38. The van der Waals surface area contributed by atoms with Crippen molar-refractivity contribution in [3.8, 4) is 0 Å². The molecule has 2 aliphatic rings. The largest absolute Gasteiger partial charge is 0.345 e. The van der Waals surface area contributed by atoms with E-state index in [4.69, 9.17) is 0 Å². The molecule has 138 valence electrons. The number of amides is 1. The number of carbonyl (C=O) groups excluding carboxylic acids is 2. The Labute approximate surface area is 151 Å². The lowest BCUT2D eigenvalue weighted by molar-refractivity contribution is -0.133. The van der Waals surface area contributed by atoms with Gasteiger partial charge in [-0.25, -0.2) is 0 Å². The summed E-state index contributed by atoms with van der Waals surface area (Å²) in [5, 5.41) is 0. The number of aromatic nitrogens is 1. The maximum absolute atomic E-state index is 12.8. The Morgan fingerprint density at radius 1 is 1.12 bits per heavy atom. The number of aryl methyl sites for hydroxylation is 1. The van der Waals surface area contributed by atoms with Gasteiger partial charge in [0.2, 0.25) is 5.91 Å². The molecule has 2 fully saturated rings. The van der Waals surface area contributed by atoms with Gasteiger partial charge in [0.15, 0.2) is 5.78 Å². The Kier molecular flexibility index (Phi) is 5.32. The molecule has 1 aromatic rings. The van der Waals surface area contributed by atoms with E-state index in [0.717, 1.165) is 37.4 Å². The fourth-order valence-corrected chi connectivity index (χ4v) is 3.88. The molecule has 0 unspecified atom stereocenters. The highest BCUT2D eigenvalue weighted by molar-refractivity contribution is 5.99. The normalized spacial score (nSPS) is 18.8. The Bertz CT molecular complexity index is 650. The van der Waals surface area contributed by atoms with E-state index in [2.05, 4.69) is 43.2 Å². The molecule has 1 aliphatic carbocycles. The molecule has 5 nitrogen and oxygen atoms in total. The van der Waals surface area contributed by atoms with E-state index in [9.17, 15) is 9.59 Å². The molecule has 25 heavy (non-hydrogen) atoms. The molecule has 1 saturated heterocycles. The predicted molar refractivity (Wildman–Crippen MR) is 99.0 cm³/mol. The fraction of sp³-hybridized carbons (Fsp3) is 0.700. The molecule has 0 N–H and O–H groups in total. The summed E-state index contributed by atoms with van der Waals surface area (Å²) in [5.41, 5.74) is 3.20. The molecule has 1 amide bonds. The molecule has 0 atom stereocenters. The third kappa shape index (κ3) is 4.14. The van der Waals surface area contributed by atoms with Gasteiger partial charge in [-0.15, -0.1) is 0 Å². The molecule has 5 heteroatoms. The molecule has 0 bridgehead atoms. The zero-order valence-electron chi connectivity index (χ0n) is 16.0. The molecular formula is C20H31N3O2. The van der Waals surface area contributed by atoms with Crippen LogP contribution in [-0.2, 0) is 4.79 Å². The van der Waals surface area contributed by atoms with Gasteiger partial charge in [-0.1, -0.05) is 13.8 Å². The van der Waals surface area contributed by atoms with Gasteiger partial charge in [0.05, 0.1) is 6.54 Å². The van der Waals surface area contributed by atoms with Gasteiger partial charge in [0.25, 0.3) is 0 Å². The lowest BCUT2D eigenvalue weighted by Gasteiger charge is -2.34. The van der Waals surface area contributed by atoms with Gasteiger partial charge >= 0.3 is 0 Å². The topological polar surface area (TPSA) is 45.6 Å². The summed E-state index contributed by atoms with van der Waals surface area (Å²) in [4.78, 5) is 29.0. The lowest BCUT2D eigenvalue weighted by atomic mass is 10.1. The van der Waals surface area contributed by atoms with Crippen molar-refractivity contribution >= 4 is 11.7 Å². The van der Waals surface area contributed by atoms with Crippen LogP contribution in [0.5, 0.6) is 0 Å². The number of Topliss-reactive ketones (excluding diaryl/α,β-unsaturated/α-hetero) is 1. The van der Waals surface area contributed by atoms with Gasteiger partial charge in [-0.2, -0.15) is 0 Å². The van der Waals surface area contributed by atoms with E-state index in [-0.39, 0.29) is 11.7 Å². The van der Waals surface area contributed by atoms with E-state index < -0.39 is 0 Å². The summed E-state index contributed by atoms with van der Waals surface area (Å²) in [5.74, 6) is 0.852. The van der Waals surface area contributed by atoms with Crippen LogP contribution in [0.1, 0.15) is 60.9 Å². The van der Waals surface area contributed by atoms with E-state index >= 15 is 0 Å². The maximum Gasteiger partial charge on any atom is 0.222 e. The number of piperazine rings is 1. The minimum absolute atomic E-state index is 0.210. The van der Waals surface area contributed by atoms with E-state index in [1.165, 1.54) is 18.5 Å². The summed E-state index contributed by atoms with van der Waals surface area (Å²) in [6.45, 7) is 11.8. The van der Waals surface area contributed by atoms with E-state index in [1.807, 2.05) is 4.90 Å². The quantitative estimate of drug-likeness (QED) is 0.745. The van der Waals surface area contributed by atoms with Crippen LogP contribution in [0.4, 0.5) is 0 Å². The highest BCUT2D eigenvalue weighted by atomic mass is 16.2. The van der Waals surface area contributed by atoms with Crippen molar-refractivity contribution in [3.63, 3.8) is 0 Å². The van der Waals surface area contributed by atoms with Crippen LogP contribution in [0.3, 0.4) is 0 Å². The smallest absolute Gasteiger partial charge is 0.222 e. The van der Waals surface area contributed by atoms with Crippen molar-refractivity contribution in [2.24, 2.45) is 5.92 Å². The van der Waals surface area contributed by atoms with Crippen LogP contribution >= 0.6 is 0 Å². The summed E-state index contributed by atoms with van der Waals surface area (Å²) in [6, 6.07) is 2.66. The average molecular weight is 345 g/mol. The molecule has 0 radical (unpaired) electrons. The van der Waals surface area contributed by atoms with Crippen molar-refractivity contribution in [3.05, 3.63) is 23.0 Å². The fourth-order valence-electron chi connectivity index (χ4n) is 3.88. The van der Waals surface area contributed by atoms with Crippen molar-refractivity contribution in [1.29, 1.82) is 0 Å². The molecule has 1 aromatic heterocycles. The van der Waals surface area contributed by atoms with E-state index in [0.29, 0.717) is 24.9 Å². The third-order valence-electron chi connectivity index (χ3n) is 5.37. The Morgan fingerprint density at radius 2 is 1.76 bits per heavy atom. The van der Waals surface area contributed by atoms with Gasteiger partial charge in [-0.05, 0) is 38.7 Å². The predicted octanol–water partition coefficient (Wildman–Crippen LogP) is 2.81. The lowest BCUT2D eigenvalue weighted by Crippen LogP contribution is -2.50. The Balaban J connectivity index is 1.55. The maximum atomic E-state index is 12.8. The first-order valence-corrected chi connectivity index (χ1v) is 9.58. The molecule has 0 spiro atoms. The van der Waals surface area contributed by atoms with Crippen LogP contribution in [0.2, 0.25) is 0 Å². The second-order valence-corrected chi connectivity index (χ2v) is 8.06. The number of ketones is 1.